The van der Waals surface area contributed by atoms with Crippen LogP contribution < -0.4 is 5.32 Å². The Morgan fingerprint density at radius 3 is 2.76 bits per heavy atom. The second-order valence-electron chi connectivity index (χ2n) is 7.14. The van der Waals surface area contributed by atoms with Gasteiger partial charge in [0.15, 0.2) is 0 Å². The Labute approximate surface area is 126 Å². The van der Waals surface area contributed by atoms with Gasteiger partial charge in [0.1, 0.15) is 0 Å². The number of hydrogen-bond acceptors (Lipinski definition) is 2. The van der Waals surface area contributed by atoms with Gasteiger partial charge in [-0.1, -0.05) is 29.8 Å². The normalized spacial score (nSPS) is 27.6. The number of nitrogens with one attached hydrogen (secondary N) is 1. The number of carbonyl (C=O) groups is 1. The standard InChI is InChI=1S/C18H24N2O/c1-13-3-2-4-14(11-13)18(8-9-18)17(21)19-15-7-10-20(12-15)16-5-6-16/h2-4,11,15-16H,5-10,12H2,1H3,(H,19,21)/t15-/m1/s1. The largest absolute Gasteiger partial charge is 0.351 e. The van der Waals surface area contributed by atoms with Gasteiger partial charge >= 0.3 is 0 Å². The first-order valence-corrected chi connectivity index (χ1v) is 8.29. The van der Waals surface area contributed by atoms with Crippen LogP contribution in [0.5, 0.6) is 0 Å². The average Bonchev–Trinajstić information content (AvgIpc) is 3.38. The number of benzene rings is 1. The van der Waals surface area contributed by atoms with Crippen LogP contribution in [-0.4, -0.2) is 36.0 Å². The fraction of sp³-hybridized carbons (Fsp3) is 0.611. The lowest BCUT2D eigenvalue weighted by Gasteiger charge is -2.20. The van der Waals surface area contributed by atoms with Crippen molar-refractivity contribution >= 4 is 5.91 Å². The van der Waals surface area contributed by atoms with Gasteiger partial charge in [-0.3, -0.25) is 9.69 Å². The van der Waals surface area contributed by atoms with Crippen LogP contribution >= 0.6 is 0 Å². The second-order valence-corrected chi connectivity index (χ2v) is 7.14. The Kier molecular flexibility index (Phi) is 3.07. The second kappa shape index (κ2) is 4.84. The minimum absolute atomic E-state index is 0.223. The van der Waals surface area contributed by atoms with Gasteiger partial charge in [-0.15, -0.1) is 0 Å². The van der Waals surface area contributed by atoms with E-state index in [9.17, 15) is 4.79 Å². The zero-order valence-corrected chi connectivity index (χ0v) is 12.8. The predicted octanol–water partition coefficient (Wildman–Crippen LogP) is 2.38. The maximum atomic E-state index is 12.8. The van der Waals surface area contributed by atoms with E-state index in [-0.39, 0.29) is 11.3 Å². The third-order valence-electron chi connectivity index (χ3n) is 5.37. The van der Waals surface area contributed by atoms with Crippen LogP contribution in [0.25, 0.3) is 0 Å². The summed E-state index contributed by atoms with van der Waals surface area (Å²) in [7, 11) is 0. The number of likely N-dealkylation sites (tertiary alicyclic amines) is 1. The average molecular weight is 284 g/mol. The van der Waals surface area contributed by atoms with E-state index < -0.39 is 0 Å². The van der Waals surface area contributed by atoms with Gasteiger partial charge in [0.2, 0.25) is 5.91 Å². The monoisotopic (exact) mass is 284 g/mol. The van der Waals surface area contributed by atoms with Crippen LogP contribution in [-0.2, 0) is 10.2 Å². The molecule has 3 fully saturated rings. The molecule has 0 spiro atoms. The highest BCUT2D eigenvalue weighted by atomic mass is 16.2. The molecule has 1 aromatic carbocycles. The van der Waals surface area contributed by atoms with Gasteiger partial charge in [-0.05, 0) is 44.6 Å². The first kappa shape index (κ1) is 13.3. The Balaban J connectivity index is 1.43. The van der Waals surface area contributed by atoms with Crippen LogP contribution in [0.2, 0.25) is 0 Å². The molecule has 1 amide bonds. The van der Waals surface area contributed by atoms with Crippen molar-refractivity contribution in [1.82, 2.24) is 10.2 Å². The molecule has 21 heavy (non-hydrogen) atoms. The van der Waals surface area contributed by atoms with Crippen LogP contribution in [0.4, 0.5) is 0 Å². The van der Waals surface area contributed by atoms with Gasteiger partial charge in [-0.25, -0.2) is 0 Å². The van der Waals surface area contributed by atoms with E-state index in [4.69, 9.17) is 0 Å². The van der Waals surface area contributed by atoms with Crippen molar-refractivity contribution in [3.8, 4) is 0 Å². The third kappa shape index (κ3) is 2.48. The number of hydrogen-bond donors (Lipinski definition) is 1. The first-order valence-electron chi connectivity index (χ1n) is 8.29. The lowest BCUT2D eigenvalue weighted by molar-refractivity contribution is -0.124. The number of amides is 1. The van der Waals surface area contributed by atoms with E-state index in [2.05, 4.69) is 41.4 Å². The molecule has 4 rings (SSSR count). The highest BCUT2D eigenvalue weighted by Crippen LogP contribution is 2.48. The molecule has 0 bridgehead atoms. The molecule has 2 saturated carbocycles. The number of carbonyl (C=O) groups excluding carboxylic acids is 1. The van der Waals surface area contributed by atoms with Crippen molar-refractivity contribution in [3.05, 3.63) is 35.4 Å². The molecule has 1 aromatic rings. The Morgan fingerprint density at radius 2 is 2.10 bits per heavy atom. The molecule has 0 unspecified atom stereocenters. The molecular formula is C18H24N2O. The van der Waals surface area contributed by atoms with Gasteiger partial charge in [-0.2, -0.15) is 0 Å². The van der Waals surface area contributed by atoms with Crippen LogP contribution in [0.15, 0.2) is 24.3 Å². The number of rotatable bonds is 4. The molecule has 3 nitrogen and oxygen atoms in total. The molecule has 0 aromatic heterocycles. The maximum absolute atomic E-state index is 12.8. The summed E-state index contributed by atoms with van der Waals surface area (Å²) in [5.74, 6) is 0.260. The van der Waals surface area contributed by atoms with E-state index in [0.717, 1.165) is 38.4 Å². The summed E-state index contributed by atoms with van der Waals surface area (Å²) < 4.78 is 0. The molecule has 2 aliphatic carbocycles. The van der Waals surface area contributed by atoms with E-state index in [1.807, 2.05) is 0 Å². The van der Waals surface area contributed by atoms with Crippen molar-refractivity contribution in [1.29, 1.82) is 0 Å². The molecule has 0 radical (unpaired) electrons. The van der Waals surface area contributed by atoms with Crippen molar-refractivity contribution < 1.29 is 4.79 Å². The van der Waals surface area contributed by atoms with Crippen molar-refractivity contribution in [2.24, 2.45) is 0 Å². The summed E-state index contributed by atoms with van der Waals surface area (Å²) in [5.41, 5.74) is 2.23. The highest BCUT2D eigenvalue weighted by Gasteiger charge is 2.52. The summed E-state index contributed by atoms with van der Waals surface area (Å²) in [6.45, 7) is 4.31. The zero-order valence-electron chi connectivity index (χ0n) is 12.8. The fourth-order valence-electron chi connectivity index (χ4n) is 3.71. The maximum Gasteiger partial charge on any atom is 0.230 e. The fourth-order valence-corrected chi connectivity index (χ4v) is 3.71. The van der Waals surface area contributed by atoms with E-state index in [0.29, 0.717) is 6.04 Å². The molecule has 1 heterocycles. The van der Waals surface area contributed by atoms with Gasteiger partial charge in [0.25, 0.3) is 0 Å². The summed E-state index contributed by atoms with van der Waals surface area (Å²) in [6.07, 6.45) is 5.83. The minimum Gasteiger partial charge on any atom is -0.351 e. The molecule has 1 aliphatic heterocycles. The Morgan fingerprint density at radius 1 is 1.29 bits per heavy atom. The number of aryl methyl sites for hydroxylation is 1. The molecule has 3 heteroatoms. The topological polar surface area (TPSA) is 32.3 Å². The predicted molar refractivity (Wildman–Crippen MR) is 83.2 cm³/mol. The lowest BCUT2D eigenvalue weighted by atomic mass is 9.93. The van der Waals surface area contributed by atoms with E-state index >= 15 is 0 Å². The van der Waals surface area contributed by atoms with Crippen molar-refractivity contribution in [2.75, 3.05) is 13.1 Å². The molecule has 3 aliphatic rings. The van der Waals surface area contributed by atoms with E-state index in [1.54, 1.807) is 0 Å². The van der Waals surface area contributed by atoms with Crippen LogP contribution in [0.1, 0.15) is 43.2 Å². The molecule has 1 saturated heterocycles. The summed E-state index contributed by atoms with van der Waals surface area (Å²) in [5, 5.41) is 3.33. The molecule has 112 valence electrons. The van der Waals surface area contributed by atoms with Crippen LogP contribution in [0, 0.1) is 6.92 Å². The first-order chi connectivity index (χ1) is 10.2. The molecule has 1 atom stereocenters. The van der Waals surface area contributed by atoms with Gasteiger partial charge in [0.05, 0.1) is 5.41 Å². The summed E-state index contributed by atoms with van der Waals surface area (Å²) in [6, 6.07) is 9.64. The van der Waals surface area contributed by atoms with Gasteiger partial charge < -0.3 is 5.32 Å². The van der Waals surface area contributed by atoms with Gasteiger partial charge in [0, 0.05) is 25.2 Å². The summed E-state index contributed by atoms with van der Waals surface area (Å²) in [4.78, 5) is 15.3. The van der Waals surface area contributed by atoms with Crippen LogP contribution in [0.3, 0.4) is 0 Å². The minimum atomic E-state index is -0.223. The van der Waals surface area contributed by atoms with Crippen molar-refractivity contribution in [2.45, 2.75) is 56.5 Å². The Bertz CT molecular complexity index is 560. The summed E-state index contributed by atoms with van der Waals surface area (Å²) >= 11 is 0. The lowest BCUT2D eigenvalue weighted by Crippen LogP contribution is -2.43. The van der Waals surface area contributed by atoms with E-state index in [1.165, 1.54) is 24.0 Å². The zero-order chi connectivity index (χ0) is 14.4. The third-order valence-corrected chi connectivity index (χ3v) is 5.37. The number of nitrogens with zero attached hydrogens (tertiary/aromatic N) is 1. The Hall–Kier alpha value is -1.35. The molecular weight excluding hydrogens is 260 g/mol. The molecule has 1 N–H and O–H groups in total. The quantitative estimate of drug-likeness (QED) is 0.920. The van der Waals surface area contributed by atoms with Crippen molar-refractivity contribution in [3.63, 3.8) is 0 Å². The SMILES string of the molecule is Cc1cccc(C2(C(=O)N[C@@H]3CCN(C4CC4)C3)CC2)c1. The smallest absolute Gasteiger partial charge is 0.230 e. The highest BCUT2D eigenvalue weighted by molar-refractivity contribution is 5.91.